The van der Waals surface area contributed by atoms with Crippen LogP contribution in [-0.2, 0) is 0 Å². The molecule has 1 N–H and O–H groups in total. The van der Waals surface area contributed by atoms with Crippen molar-refractivity contribution in [1.82, 2.24) is 10.2 Å². The molecule has 8 heteroatoms. The van der Waals surface area contributed by atoms with E-state index in [2.05, 4.69) is 31.4 Å². The molecule has 1 heterocycles. The zero-order chi connectivity index (χ0) is 16.4. The van der Waals surface area contributed by atoms with Gasteiger partial charge in [0, 0.05) is 11.5 Å². The van der Waals surface area contributed by atoms with Crippen LogP contribution in [0, 0.1) is 0 Å². The minimum atomic E-state index is -0.259. The molecule has 3 rings (SSSR count). The quantitative estimate of drug-likeness (QED) is 0.801. The number of methoxy groups -OCH3 is 1. The number of hydrogen-bond acceptors (Lipinski definition) is 6. The van der Waals surface area contributed by atoms with Gasteiger partial charge in [0.05, 0.1) is 18.2 Å². The number of amides is 1. The SMILES string of the molecule is CCOc1c(Br)cc(C(=O)Nc2nnc(C3CC3)s2)cc1OC. The molecule has 122 valence electrons. The summed E-state index contributed by atoms with van der Waals surface area (Å²) >= 11 is 4.84. The molecule has 1 amide bonds. The Bertz CT molecular complexity index is 731. The molecule has 1 aliphatic rings. The topological polar surface area (TPSA) is 73.3 Å². The number of rotatable bonds is 6. The first kappa shape index (κ1) is 16.2. The van der Waals surface area contributed by atoms with Crippen molar-refractivity contribution in [2.75, 3.05) is 19.0 Å². The molecule has 0 saturated heterocycles. The number of nitrogens with one attached hydrogen (secondary N) is 1. The number of hydrogen-bond donors (Lipinski definition) is 1. The van der Waals surface area contributed by atoms with Crippen molar-refractivity contribution in [1.29, 1.82) is 0 Å². The van der Waals surface area contributed by atoms with E-state index in [1.54, 1.807) is 19.2 Å². The fourth-order valence-electron chi connectivity index (χ4n) is 2.08. The Morgan fingerprint density at radius 2 is 2.22 bits per heavy atom. The molecule has 0 spiro atoms. The maximum Gasteiger partial charge on any atom is 0.257 e. The lowest BCUT2D eigenvalue weighted by Crippen LogP contribution is -2.12. The molecular weight excluding hydrogens is 382 g/mol. The van der Waals surface area contributed by atoms with Crippen LogP contribution in [0.15, 0.2) is 16.6 Å². The summed E-state index contributed by atoms with van der Waals surface area (Å²) in [5, 5.41) is 12.4. The fourth-order valence-corrected chi connectivity index (χ4v) is 3.55. The van der Waals surface area contributed by atoms with E-state index < -0.39 is 0 Å². The zero-order valence-electron chi connectivity index (χ0n) is 12.8. The Kier molecular flexibility index (Phi) is 4.82. The van der Waals surface area contributed by atoms with E-state index in [1.165, 1.54) is 11.3 Å². The van der Waals surface area contributed by atoms with Crippen molar-refractivity contribution in [3.63, 3.8) is 0 Å². The molecule has 2 aromatic rings. The maximum atomic E-state index is 12.4. The van der Waals surface area contributed by atoms with Crippen LogP contribution in [0.3, 0.4) is 0 Å². The summed E-state index contributed by atoms with van der Waals surface area (Å²) in [4.78, 5) is 12.4. The number of aromatic nitrogens is 2. The zero-order valence-corrected chi connectivity index (χ0v) is 15.2. The first-order valence-corrected chi connectivity index (χ1v) is 8.88. The van der Waals surface area contributed by atoms with Crippen LogP contribution >= 0.6 is 27.3 Å². The smallest absolute Gasteiger partial charge is 0.257 e. The standard InChI is InChI=1S/C15H16BrN3O3S/c1-3-22-12-10(16)6-9(7-11(12)21-2)13(20)17-15-19-18-14(23-15)8-4-5-8/h6-8H,3-5H2,1-2H3,(H,17,19,20). The first-order valence-electron chi connectivity index (χ1n) is 7.27. The average Bonchev–Trinajstić information content (AvgIpc) is 3.29. The molecule has 6 nitrogen and oxygen atoms in total. The van der Waals surface area contributed by atoms with Gasteiger partial charge in [-0.1, -0.05) is 11.3 Å². The van der Waals surface area contributed by atoms with Crippen LogP contribution in [0.1, 0.15) is 41.0 Å². The molecule has 0 bridgehead atoms. The van der Waals surface area contributed by atoms with Crippen molar-refractivity contribution >= 4 is 38.3 Å². The van der Waals surface area contributed by atoms with E-state index >= 15 is 0 Å². The third kappa shape index (κ3) is 3.64. The lowest BCUT2D eigenvalue weighted by atomic mass is 10.2. The maximum absolute atomic E-state index is 12.4. The lowest BCUT2D eigenvalue weighted by molar-refractivity contribution is 0.102. The summed E-state index contributed by atoms with van der Waals surface area (Å²) in [6, 6.07) is 3.35. The summed E-state index contributed by atoms with van der Waals surface area (Å²) in [6.07, 6.45) is 2.32. The molecule has 1 aromatic carbocycles. The second-order valence-electron chi connectivity index (χ2n) is 5.10. The molecular formula is C15H16BrN3O3S. The monoisotopic (exact) mass is 397 g/mol. The third-order valence-corrected chi connectivity index (χ3v) is 4.96. The van der Waals surface area contributed by atoms with Gasteiger partial charge in [0.15, 0.2) is 11.5 Å². The van der Waals surface area contributed by atoms with Crippen molar-refractivity contribution < 1.29 is 14.3 Å². The molecule has 1 aromatic heterocycles. The van der Waals surface area contributed by atoms with Gasteiger partial charge in [-0.2, -0.15) is 0 Å². The number of benzene rings is 1. The first-order chi connectivity index (χ1) is 11.1. The van der Waals surface area contributed by atoms with E-state index in [0.29, 0.717) is 39.2 Å². The van der Waals surface area contributed by atoms with Gasteiger partial charge in [-0.05, 0) is 47.8 Å². The second-order valence-corrected chi connectivity index (χ2v) is 6.96. The van der Waals surface area contributed by atoms with Crippen LogP contribution < -0.4 is 14.8 Å². The molecule has 23 heavy (non-hydrogen) atoms. The number of halogens is 1. The van der Waals surface area contributed by atoms with Gasteiger partial charge in [-0.15, -0.1) is 10.2 Å². The minimum absolute atomic E-state index is 0.259. The van der Waals surface area contributed by atoms with E-state index in [0.717, 1.165) is 17.8 Å². The average molecular weight is 398 g/mol. The highest BCUT2D eigenvalue weighted by Gasteiger charge is 2.28. The van der Waals surface area contributed by atoms with Gasteiger partial charge in [-0.3, -0.25) is 10.1 Å². The summed E-state index contributed by atoms with van der Waals surface area (Å²) in [7, 11) is 1.54. The largest absolute Gasteiger partial charge is 0.493 e. The molecule has 0 radical (unpaired) electrons. The highest BCUT2D eigenvalue weighted by Crippen LogP contribution is 2.42. The Morgan fingerprint density at radius 3 is 2.87 bits per heavy atom. The minimum Gasteiger partial charge on any atom is -0.493 e. The lowest BCUT2D eigenvalue weighted by Gasteiger charge is -2.12. The van der Waals surface area contributed by atoms with E-state index in [1.807, 2.05) is 6.92 Å². The Labute approximate surface area is 146 Å². The predicted molar refractivity (Wildman–Crippen MR) is 91.7 cm³/mol. The predicted octanol–water partition coefficient (Wildman–Crippen LogP) is 3.84. The highest BCUT2D eigenvalue weighted by atomic mass is 79.9. The van der Waals surface area contributed by atoms with Crippen LogP contribution in [0.25, 0.3) is 0 Å². The van der Waals surface area contributed by atoms with Crippen molar-refractivity contribution in [3.8, 4) is 11.5 Å². The normalized spacial score (nSPS) is 13.7. The molecule has 0 atom stereocenters. The molecule has 1 fully saturated rings. The Morgan fingerprint density at radius 1 is 1.43 bits per heavy atom. The van der Waals surface area contributed by atoms with Gasteiger partial charge >= 0.3 is 0 Å². The Balaban J connectivity index is 1.79. The van der Waals surface area contributed by atoms with Crippen LogP contribution in [0.4, 0.5) is 5.13 Å². The number of ether oxygens (including phenoxy) is 2. The fraction of sp³-hybridized carbons (Fsp3) is 0.400. The number of anilines is 1. The van der Waals surface area contributed by atoms with Crippen molar-refractivity contribution in [2.24, 2.45) is 0 Å². The summed E-state index contributed by atoms with van der Waals surface area (Å²) in [5.41, 5.74) is 0.459. The van der Waals surface area contributed by atoms with E-state index in [-0.39, 0.29) is 5.91 Å². The molecule has 0 unspecified atom stereocenters. The summed E-state index contributed by atoms with van der Waals surface area (Å²) in [6.45, 7) is 2.40. The van der Waals surface area contributed by atoms with Gasteiger partial charge in [-0.25, -0.2) is 0 Å². The number of nitrogens with zero attached hydrogens (tertiary/aromatic N) is 2. The van der Waals surface area contributed by atoms with Gasteiger partial charge in [0.1, 0.15) is 5.01 Å². The van der Waals surface area contributed by atoms with E-state index in [4.69, 9.17) is 9.47 Å². The Hall–Kier alpha value is -1.67. The molecule has 1 aliphatic carbocycles. The molecule has 0 aliphatic heterocycles. The van der Waals surface area contributed by atoms with Crippen LogP contribution in [-0.4, -0.2) is 29.8 Å². The van der Waals surface area contributed by atoms with Gasteiger partial charge in [0.25, 0.3) is 5.91 Å². The summed E-state index contributed by atoms with van der Waals surface area (Å²) in [5.74, 6) is 1.35. The summed E-state index contributed by atoms with van der Waals surface area (Å²) < 4.78 is 11.5. The number of carbonyl (C=O) groups is 1. The molecule has 1 saturated carbocycles. The van der Waals surface area contributed by atoms with E-state index in [9.17, 15) is 4.79 Å². The van der Waals surface area contributed by atoms with Crippen LogP contribution in [0.2, 0.25) is 0 Å². The van der Waals surface area contributed by atoms with Crippen molar-refractivity contribution in [3.05, 3.63) is 27.2 Å². The van der Waals surface area contributed by atoms with Gasteiger partial charge < -0.3 is 9.47 Å². The highest BCUT2D eigenvalue weighted by molar-refractivity contribution is 9.10. The van der Waals surface area contributed by atoms with Crippen LogP contribution in [0.5, 0.6) is 11.5 Å². The van der Waals surface area contributed by atoms with Gasteiger partial charge in [0.2, 0.25) is 5.13 Å². The second kappa shape index (κ2) is 6.84. The number of carbonyl (C=O) groups excluding carboxylic acids is 1. The third-order valence-electron chi connectivity index (χ3n) is 3.37. The van der Waals surface area contributed by atoms with Crippen molar-refractivity contribution in [2.45, 2.75) is 25.7 Å².